The third-order valence-electron chi connectivity index (χ3n) is 7.70. The third kappa shape index (κ3) is 1.81. The van der Waals surface area contributed by atoms with Crippen LogP contribution in [0.1, 0.15) is 27.2 Å². The number of aliphatic hydroxyl groups is 5. The van der Waals surface area contributed by atoms with E-state index < -0.39 is 30.0 Å². The van der Waals surface area contributed by atoms with Crippen molar-refractivity contribution < 1.29 is 25.5 Å². The van der Waals surface area contributed by atoms with Crippen LogP contribution in [-0.2, 0) is 0 Å². The monoisotopic (exact) mass is 348 g/mol. The summed E-state index contributed by atoms with van der Waals surface area (Å²) >= 11 is 0. The maximum absolute atomic E-state index is 11.9. The standard InChI is InChI=1S/C20H28O5/c1-9-5-14-19(24)10(2)6-12-15(18(12,3)4)13(19)7-11(8-21)17(23)20(14,25)16(9)22/h5,7,10,12-13,15-17,21-25H,1,6,8H2,2-4H3/t10-,12-,13+,15-,16+,17-,19-,20-/m1/s1. The zero-order chi connectivity index (χ0) is 18.5. The molecule has 0 aromatic heterocycles. The molecule has 2 fully saturated rings. The third-order valence-corrected chi connectivity index (χ3v) is 7.70. The van der Waals surface area contributed by atoms with Gasteiger partial charge in [-0.05, 0) is 46.3 Å². The second kappa shape index (κ2) is 4.84. The van der Waals surface area contributed by atoms with E-state index in [4.69, 9.17) is 0 Å². The molecular formula is C20H28O5. The van der Waals surface area contributed by atoms with Gasteiger partial charge in [0.25, 0.3) is 0 Å². The van der Waals surface area contributed by atoms with E-state index in [1.165, 1.54) is 0 Å². The number of aliphatic hydroxyl groups excluding tert-OH is 3. The number of hydrogen-bond acceptors (Lipinski definition) is 5. The van der Waals surface area contributed by atoms with Gasteiger partial charge in [0.15, 0.2) is 0 Å². The van der Waals surface area contributed by atoms with E-state index in [-0.39, 0.29) is 39.9 Å². The molecule has 4 rings (SSSR count). The Kier molecular flexibility index (Phi) is 3.38. The summed E-state index contributed by atoms with van der Waals surface area (Å²) in [6, 6.07) is 0. The highest BCUT2D eigenvalue weighted by atomic mass is 16.4. The molecular weight excluding hydrogens is 320 g/mol. The molecule has 2 saturated carbocycles. The fraction of sp³-hybridized carbons (Fsp3) is 0.700. The predicted molar refractivity (Wildman–Crippen MR) is 92.3 cm³/mol. The Labute approximate surface area is 148 Å². The minimum absolute atomic E-state index is 0.0582. The molecule has 0 radical (unpaired) electrons. The van der Waals surface area contributed by atoms with Crippen molar-refractivity contribution in [3.05, 3.63) is 35.5 Å². The maximum atomic E-state index is 11.9. The number of rotatable bonds is 1. The SMILES string of the molecule is C=C1C=C2[C@@]3(O)[C@H](C)C[C@@H]4[C@H]([C@@H]3C=C(CO)[C@@H](O)[C@]2(O)[C@H]1O)C4(C)C. The molecule has 0 unspecified atom stereocenters. The van der Waals surface area contributed by atoms with E-state index >= 15 is 0 Å². The topological polar surface area (TPSA) is 101 Å². The number of hydrogen-bond donors (Lipinski definition) is 5. The van der Waals surface area contributed by atoms with E-state index in [0.29, 0.717) is 5.92 Å². The van der Waals surface area contributed by atoms with Crippen LogP contribution < -0.4 is 0 Å². The lowest BCUT2D eigenvalue weighted by Crippen LogP contribution is -2.59. The van der Waals surface area contributed by atoms with Crippen molar-refractivity contribution in [2.45, 2.75) is 50.6 Å². The molecule has 5 heteroatoms. The molecule has 138 valence electrons. The molecule has 0 heterocycles. The zero-order valence-electron chi connectivity index (χ0n) is 15.0. The largest absolute Gasteiger partial charge is 0.392 e. The summed E-state index contributed by atoms with van der Waals surface area (Å²) in [6.07, 6.45) is 1.21. The molecule has 0 bridgehead atoms. The highest BCUT2D eigenvalue weighted by molar-refractivity contribution is 5.54. The predicted octanol–water partition coefficient (Wildman–Crippen LogP) is 0.527. The molecule has 0 spiro atoms. The smallest absolute Gasteiger partial charge is 0.148 e. The second-order valence-corrected chi connectivity index (χ2v) is 9.10. The van der Waals surface area contributed by atoms with Crippen LogP contribution in [0, 0.1) is 29.1 Å². The van der Waals surface area contributed by atoms with Crippen molar-refractivity contribution in [1.82, 2.24) is 0 Å². The van der Waals surface area contributed by atoms with Crippen molar-refractivity contribution in [2.24, 2.45) is 29.1 Å². The Balaban J connectivity index is 1.96. The lowest BCUT2D eigenvalue weighted by molar-refractivity contribution is -0.126. The van der Waals surface area contributed by atoms with Crippen LogP contribution >= 0.6 is 0 Å². The normalized spacial score (nSPS) is 53.2. The first-order valence-corrected chi connectivity index (χ1v) is 9.06. The van der Waals surface area contributed by atoms with Crippen molar-refractivity contribution in [2.75, 3.05) is 6.61 Å². The summed E-state index contributed by atoms with van der Waals surface area (Å²) < 4.78 is 0. The Morgan fingerprint density at radius 1 is 1.16 bits per heavy atom. The van der Waals surface area contributed by atoms with Crippen LogP contribution in [0.5, 0.6) is 0 Å². The van der Waals surface area contributed by atoms with Crippen molar-refractivity contribution in [3.63, 3.8) is 0 Å². The molecule has 4 aliphatic carbocycles. The Morgan fingerprint density at radius 2 is 1.80 bits per heavy atom. The van der Waals surface area contributed by atoms with Crippen LogP contribution in [0.15, 0.2) is 35.5 Å². The first-order chi connectivity index (χ1) is 11.5. The van der Waals surface area contributed by atoms with Gasteiger partial charge in [-0.15, -0.1) is 0 Å². The van der Waals surface area contributed by atoms with Gasteiger partial charge >= 0.3 is 0 Å². The fourth-order valence-corrected chi connectivity index (χ4v) is 6.08. The van der Waals surface area contributed by atoms with Crippen molar-refractivity contribution in [3.8, 4) is 0 Å². The van der Waals surface area contributed by atoms with E-state index in [1.54, 1.807) is 12.2 Å². The van der Waals surface area contributed by atoms with Gasteiger partial charge in [0.2, 0.25) is 0 Å². The number of fused-ring (bicyclic) bond motifs is 5. The first kappa shape index (κ1) is 17.4. The molecule has 0 aromatic carbocycles. The Hall–Kier alpha value is -0.980. The van der Waals surface area contributed by atoms with Crippen LogP contribution in [0.3, 0.4) is 0 Å². The van der Waals surface area contributed by atoms with Gasteiger partial charge in [0, 0.05) is 5.92 Å². The van der Waals surface area contributed by atoms with E-state index in [9.17, 15) is 25.5 Å². The summed E-state index contributed by atoms with van der Waals surface area (Å²) in [5.41, 5.74) is -2.63. The maximum Gasteiger partial charge on any atom is 0.148 e. The van der Waals surface area contributed by atoms with E-state index in [1.807, 2.05) is 6.92 Å². The molecule has 4 aliphatic rings. The summed E-state index contributed by atoms with van der Waals surface area (Å²) in [4.78, 5) is 0. The van der Waals surface area contributed by atoms with Gasteiger partial charge in [-0.1, -0.05) is 39.5 Å². The average Bonchev–Trinajstić information content (AvgIpc) is 3.02. The van der Waals surface area contributed by atoms with Crippen LogP contribution in [0.2, 0.25) is 0 Å². The summed E-state index contributed by atoms with van der Waals surface area (Å²) in [5.74, 6) is 0.184. The summed E-state index contributed by atoms with van der Waals surface area (Å²) in [6.45, 7) is 9.66. The lowest BCUT2D eigenvalue weighted by atomic mass is 9.63. The van der Waals surface area contributed by atoms with Crippen LogP contribution in [-0.4, -0.2) is 55.5 Å². The Bertz CT molecular complexity index is 707. The minimum atomic E-state index is -2.06. The second-order valence-electron chi connectivity index (χ2n) is 9.10. The fourth-order valence-electron chi connectivity index (χ4n) is 6.08. The average molecular weight is 348 g/mol. The quantitative estimate of drug-likeness (QED) is 0.445. The molecule has 5 N–H and O–H groups in total. The lowest BCUT2D eigenvalue weighted by Gasteiger charge is -2.47. The van der Waals surface area contributed by atoms with Gasteiger partial charge in [0.05, 0.1) is 12.2 Å². The molecule has 0 saturated heterocycles. The molecule has 0 amide bonds. The van der Waals surface area contributed by atoms with Gasteiger partial charge in [-0.2, -0.15) is 0 Å². The van der Waals surface area contributed by atoms with Gasteiger partial charge in [-0.3, -0.25) is 0 Å². The minimum Gasteiger partial charge on any atom is -0.392 e. The van der Waals surface area contributed by atoms with E-state index in [0.717, 1.165) is 6.42 Å². The molecule has 8 atom stereocenters. The van der Waals surface area contributed by atoms with Crippen molar-refractivity contribution >= 4 is 0 Å². The summed E-state index contributed by atoms with van der Waals surface area (Å²) in [5, 5.41) is 54.3. The molecule has 0 aliphatic heterocycles. The first-order valence-electron chi connectivity index (χ1n) is 9.06. The van der Waals surface area contributed by atoms with Crippen LogP contribution in [0.25, 0.3) is 0 Å². The molecule has 25 heavy (non-hydrogen) atoms. The highest BCUT2D eigenvalue weighted by Crippen LogP contribution is 2.72. The van der Waals surface area contributed by atoms with E-state index in [2.05, 4.69) is 20.4 Å². The zero-order valence-corrected chi connectivity index (χ0v) is 15.0. The molecule has 0 aromatic rings. The van der Waals surface area contributed by atoms with Gasteiger partial charge < -0.3 is 25.5 Å². The highest BCUT2D eigenvalue weighted by Gasteiger charge is 2.73. The molecule has 5 nitrogen and oxygen atoms in total. The Morgan fingerprint density at radius 3 is 2.40 bits per heavy atom. The van der Waals surface area contributed by atoms with Gasteiger partial charge in [0.1, 0.15) is 17.8 Å². The van der Waals surface area contributed by atoms with Crippen LogP contribution in [0.4, 0.5) is 0 Å². The van der Waals surface area contributed by atoms with Gasteiger partial charge in [-0.25, -0.2) is 0 Å². The van der Waals surface area contributed by atoms with Crippen molar-refractivity contribution in [1.29, 1.82) is 0 Å². The summed E-state index contributed by atoms with van der Waals surface area (Å²) in [7, 11) is 0.